The van der Waals surface area contributed by atoms with Gasteiger partial charge in [0.2, 0.25) is 0 Å². The Morgan fingerprint density at radius 3 is 2.20 bits per heavy atom. The molecule has 0 aliphatic carbocycles. The summed E-state index contributed by atoms with van der Waals surface area (Å²) in [6.07, 6.45) is 19.0. The summed E-state index contributed by atoms with van der Waals surface area (Å²) in [7, 11) is 2.03. The molecule has 4 N–H and O–H groups in total. The second kappa shape index (κ2) is 34.4. The summed E-state index contributed by atoms with van der Waals surface area (Å²) in [5, 5.41) is 17.4. The summed E-state index contributed by atoms with van der Waals surface area (Å²) in [5.41, 5.74) is -0.595. The van der Waals surface area contributed by atoms with Crippen LogP contribution in [0.25, 0.3) is 0 Å². The molecule has 0 spiro atoms. The lowest BCUT2D eigenvalue weighted by atomic mass is 10.1. The standard InChI is InChI=1S/C16H28ClN3.C10H15F3N2.C2H2O.C2H6/c1-4-9-16(18-3)11-13-20-14-19-12-8-6-5-7-10-15(2)17;1-4-9(15-7-14-3)6-5-8(2)10(11,12)13;1-2-3;1-2/h5-8,10,12,16,18,20H,4,9,11,13-14H2,1-3H3;4-5,9,15H,1,3,6-7H2,2H3;1,3H;1-2H3/b7-5-,8-6+,15-10+,19-12+;8-5+;;. The van der Waals surface area contributed by atoms with Crippen molar-refractivity contribution < 1.29 is 18.3 Å². The molecular formula is C30H51ClF3N5O. The van der Waals surface area contributed by atoms with E-state index in [9.17, 15) is 13.2 Å². The fourth-order valence-electron chi connectivity index (χ4n) is 2.55. The van der Waals surface area contributed by atoms with Crippen molar-refractivity contribution in [2.24, 2.45) is 9.98 Å². The number of halogens is 4. The van der Waals surface area contributed by atoms with Crippen molar-refractivity contribution in [1.29, 1.82) is 0 Å². The summed E-state index contributed by atoms with van der Waals surface area (Å²) in [5.74, 6) is 0. The Labute approximate surface area is 246 Å². The third-order valence-electron chi connectivity index (χ3n) is 4.64. The Kier molecular flexibility index (Phi) is 38.2. The molecule has 0 aliphatic rings. The van der Waals surface area contributed by atoms with Crippen LogP contribution in [-0.2, 0) is 0 Å². The van der Waals surface area contributed by atoms with Gasteiger partial charge in [0, 0.05) is 28.9 Å². The molecular weight excluding hydrogens is 539 g/mol. The number of aliphatic imine (C=N–C) groups is 2. The number of nitrogens with one attached hydrogen (secondary N) is 3. The maximum absolute atomic E-state index is 12.1. The van der Waals surface area contributed by atoms with E-state index in [1.807, 2.05) is 58.2 Å². The van der Waals surface area contributed by atoms with Gasteiger partial charge in [0.05, 0.1) is 13.3 Å². The highest BCUT2D eigenvalue weighted by Gasteiger charge is 2.29. The van der Waals surface area contributed by atoms with Crippen LogP contribution in [0.15, 0.2) is 69.7 Å². The molecule has 0 aliphatic heterocycles. The molecule has 0 saturated carbocycles. The largest absolute Gasteiger partial charge is 0.462 e. The van der Waals surface area contributed by atoms with Gasteiger partial charge in [0.25, 0.3) is 0 Å². The first kappa shape index (κ1) is 44.4. The second-order valence-electron chi connectivity index (χ2n) is 7.75. The number of allylic oxidation sites excluding steroid dienone is 7. The topological polar surface area (TPSA) is 81.0 Å². The third-order valence-corrected chi connectivity index (χ3v) is 4.77. The SMILES string of the molecule is C#CO.C=CC(C/C=C(\C)C(F)(F)F)NCN=C.CC.CCCC(CCNC/N=C/C=C/C=C\C=C(/C)Cl)NC. The summed E-state index contributed by atoms with van der Waals surface area (Å²) >= 11 is 5.69. The van der Waals surface area contributed by atoms with Gasteiger partial charge in [-0.15, -0.1) is 6.58 Å². The van der Waals surface area contributed by atoms with Crippen molar-refractivity contribution in [1.82, 2.24) is 16.0 Å². The summed E-state index contributed by atoms with van der Waals surface area (Å²) < 4.78 is 36.3. The van der Waals surface area contributed by atoms with Gasteiger partial charge in [-0.1, -0.05) is 75.6 Å². The zero-order valence-electron chi connectivity index (χ0n) is 25.1. The lowest BCUT2D eigenvalue weighted by Gasteiger charge is -2.14. The van der Waals surface area contributed by atoms with Crippen LogP contribution < -0.4 is 16.0 Å². The quantitative estimate of drug-likeness (QED) is 0.0472. The predicted octanol–water partition coefficient (Wildman–Crippen LogP) is 7.30. The highest BCUT2D eigenvalue weighted by molar-refractivity contribution is 6.29. The molecule has 0 aromatic carbocycles. The minimum Gasteiger partial charge on any atom is -0.462 e. The van der Waals surface area contributed by atoms with Crippen molar-refractivity contribution in [2.45, 2.75) is 78.6 Å². The molecule has 0 amide bonds. The average Bonchev–Trinajstić information content (AvgIpc) is 2.92. The fraction of sp³-hybridized carbons (Fsp3) is 0.533. The van der Waals surface area contributed by atoms with Gasteiger partial charge in [-0.25, -0.2) is 0 Å². The van der Waals surface area contributed by atoms with Crippen LogP contribution in [0.3, 0.4) is 0 Å². The zero-order chi connectivity index (χ0) is 31.7. The normalized spacial score (nSPS) is 13.3. The van der Waals surface area contributed by atoms with E-state index >= 15 is 0 Å². The monoisotopic (exact) mass is 589 g/mol. The van der Waals surface area contributed by atoms with Gasteiger partial charge < -0.3 is 10.4 Å². The molecule has 0 heterocycles. The number of aliphatic hydroxyl groups excluding tert-OH is 1. The Balaban J connectivity index is -0.000000286. The molecule has 0 radical (unpaired) electrons. The van der Waals surface area contributed by atoms with E-state index in [0.717, 1.165) is 31.0 Å². The van der Waals surface area contributed by atoms with E-state index in [1.165, 1.54) is 18.9 Å². The maximum atomic E-state index is 12.1. The molecule has 6 nitrogen and oxygen atoms in total. The van der Waals surface area contributed by atoms with Crippen LogP contribution in [-0.4, -0.2) is 63.2 Å². The first-order valence-corrected chi connectivity index (χ1v) is 13.6. The molecule has 2 atom stereocenters. The van der Waals surface area contributed by atoms with E-state index in [1.54, 1.807) is 12.3 Å². The highest BCUT2D eigenvalue weighted by atomic mass is 35.5. The summed E-state index contributed by atoms with van der Waals surface area (Å²) in [6, 6.07) is 0.396. The molecule has 0 bridgehead atoms. The van der Waals surface area contributed by atoms with Crippen LogP contribution in [0.5, 0.6) is 0 Å². The van der Waals surface area contributed by atoms with Crippen molar-refractivity contribution >= 4 is 24.5 Å². The van der Waals surface area contributed by atoms with Gasteiger partial charge in [-0.05, 0) is 65.6 Å². The van der Waals surface area contributed by atoms with E-state index in [0.29, 0.717) is 19.4 Å². The van der Waals surface area contributed by atoms with Gasteiger partial charge >= 0.3 is 6.18 Å². The van der Waals surface area contributed by atoms with Gasteiger partial charge in [0.1, 0.15) is 6.11 Å². The van der Waals surface area contributed by atoms with Crippen molar-refractivity contribution in [3.63, 3.8) is 0 Å². The first-order chi connectivity index (χ1) is 19.0. The number of hydrogen-bond acceptors (Lipinski definition) is 6. The Hall–Kier alpha value is -2.64. The zero-order valence-corrected chi connectivity index (χ0v) is 25.8. The lowest BCUT2D eigenvalue weighted by molar-refractivity contribution is -0.0915. The van der Waals surface area contributed by atoms with Crippen molar-refractivity contribution in [2.75, 3.05) is 26.9 Å². The Bertz CT molecular complexity index is 781. The number of terminal acetylenes is 1. The van der Waals surface area contributed by atoms with Gasteiger partial charge in [0.15, 0.2) is 0 Å². The minimum atomic E-state index is -4.25. The second-order valence-corrected chi connectivity index (χ2v) is 8.35. The van der Waals surface area contributed by atoms with E-state index in [-0.39, 0.29) is 12.5 Å². The van der Waals surface area contributed by atoms with Crippen LogP contribution in [0, 0.1) is 12.5 Å². The Morgan fingerprint density at radius 1 is 1.12 bits per heavy atom. The minimum absolute atomic E-state index is 0.215. The smallest absolute Gasteiger partial charge is 0.412 e. The number of rotatable bonds is 17. The van der Waals surface area contributed by atoms with E-state index < -0.39 is 11.7 Å². The number of hydrogen-bond donors (Lipinski definition) is 4. The molecule has 230 valence electrons. The molecule has 40 heavy (non-hydrogen) atoms. The third kappa shape index (κ3) is 37.5. The average molecular weight is 590 g/mol. The predicted molar refractivity (Wildman–Crippen MR) is 170 cm³/mol. The first-order valence-electron chi connectivity index (χ1n) is 13.2. The van der Waals surface area contributed by atoms with Gasteiger partial charge in [-0.3, -0.25) is 20.6 Å². The van der Waals surface area contributed by atoms with Crippen LogP contribution >= 0.6 is 11.6 Å². The highest BCUT2D eigenvalue weighted by Crippen LogP contribution is 2.25. The number of aliphatic hydroxyl groups is 1. The molecule has 2 unspecified atom stereocenters. The number of alkyl halides is 3. The van der Waals surface area contributed by atoms with E-state index in [4.69, 9.17) is 16.7 Å². The van der Waals surface area contributed by atoms with Crippen LogP contribution in [0.2, 0.25) is 0 Å². The Morgan fingerprint density at radius 2 is 1.73 bits per heavy atom. The fourth-order valence-corrected chi connectivity index (χ4v) is 2.62. The molecule has 0 fully saturated rings. The van der Waals surface area contributed by atoms with Crippen molar-refractivity contribution in [3.8, 4) is 12.5 Å². The molecule has 0 saturated heterocycles. The van der Waals surface area contributed by atoms with Gasteiger partial charge in [-0.2, -0.15) is 13.2 Å². The molecule has 10 heteroatoms. The van der Waals surface area contributed by atoms with Crippen molar-refractivity contribution in [3.05, 3.63) is 59.7 Å². The lowest BCUT2D eigenvalue weighted by Crippen LogP contribution is -2.29. The van der Waals surface area contributed by atoms with Crippen LogP contribution in [0.4, 0.5) is 13.2 Å². The molecule has 0 aromatic rings. The number of nitrogens with zero attached hydrogens (tertiary/aromatic N) is 2. The van der Waals surface area contributed by atoms with Crippen LogP contribution in [0.1, 0.15) is 60.3 Å². The summed E-state index contributed by atoms with van der Waals surface area (Å²) in [4.78, 5) is 7.80. The van der Waals surface area contributed by atoms with E-state index in [2.05, 4.69) is 52.6 Å². The maximum Gasteiger partial charge on any atom is 0.412 e. The molecule has 0 rings (SSSR count). The molecule has 0 aromatic heterocycles. The summed E-state index contributed by atoms with van der Waals surface area (Å²) in [6.45, 7) is 17.8.